The minimum absolute atomic E-state index is 0.0874. The molecule has 1 aromatic carbocycles. The van der Waals surface area contributed by atoms with Crippen LogP contribution in [0.25, 0.3) is 11.5 Å². The van der Waals surface area contributed by atoms with Crippen molar-refractivity contribution in [2.24, 2.45) is 0 Å². The van der Waals surface area contributed by atoms with Crippen LogP contribution in [0.2, 0.25) is 0 Å². The second-order valence-electron chi connectivity index (χ2n) is 5.49. The number of ether oxygens (including phenoxy) is 1. The lowest BCUT2D eigenvalue weighted by Gasteiger charge is -2.03. The van der Waals surface area contributed by atoms with Crippen LogP contribution < -0.4 is 4.74 Å². The number of benzene rings is 1. The van der Waals surface area contributed by atoms with Gasteiger partial charge in [0, 0.05) is 18.7 Å². The predicted molar refractivity (Wildman–Crippen MR) is 91.0 cm³/mol. The van der Waals surface area contributed by atoms with Crippen molar-refractivity contribution in [1.82, 2.24) is 15.1 Å². The van der Waals surface area contributed by atoms with Gasteiger partial charge < -0.3 is 9.26 Å². The van der Waals surface area contributed by atoms with Crippen LogP contribution in [0, 0.1) is 6.92 Å². The Morgan fingerprint density at radius 2 is 1.88 bits per heavy atom. The molecule has 130 valence electrons. The third-order valence-electron chi connectivity index (χ3n) is 3.64. The van der Waals surface area contributed by atoms with Gasteiger partial charge in [0.1, 0.15) is 0 Å². The van der Waals surface area contributed by atoms with Crippen molar-refractivity contribution in [3.8, 4) is 17.3 Å². The molecule has 8 heteroatoms. The average Bonchev–Trinajstić information content (AvgIpc) is 3.10. The molecule has 7 nitrogen and oxygen atoms in total. The largest absolute Gasteiger partial charge is 0.481 e. The van der Waals surface area contributed by atoms with Crippen LogP contribution in [-0.2, 0) is 16.3 Å². The van der Waals surface area contributed by atoms with E-state index < -0.39 is 9.84 Å². The fourth-order valence-electron chi connectivity index (χ4n) is 2.19. The van der Waals surface area contributed by atoms with Crippen LogP contribution in [0.4, 0.5) is 0 Å². The van der Waals surface area contributed by atoms with E-state index in [4.69, 9.17) is 9.26 Å². The molecule has 0 atom stereocenters. The molecule has 0 bridgehead atoms. The minimum Gasteiger partial charge on any atom is -0.481 e. The summed E-state index contributed by atoms with van der Waals surface area (Å²) in [6.45, 7) is 1.91. The normalized spacial score (nSPS) is 11.4. The number of nitrogens with zero attached hydrogens (tertiary/aromatic N) is 3. The summed E-state index contributed by atoms with van der Waals surface area (Å²) in [5.74, 6) is 1.02. The first kappa shape index (κ1) is 17.1. The maximum Gasteiger partial charge on any atom is 0.259 e. The number of pyridine rings is 1. The average molecular weight is 359 g/mol. The summed E-state index contributed by atoms with van der Waals surface area (Å²) in [7, 11) is -1.86. The van der Waals surface area contributed by atoms with E-state index in [0.717, 1.165) is 5.56 Å². The number of aromatic nitrogens is 3. The Hall–Kier alpha value is -2.74. The smallest absolute Gasteiger partial charge is 0.259 e. The Morgan fingerprint density at radius 1 is 1.12 bits per heavy atom. The van der Waals surface area contributed by atoms with Crippen LogP contribution in [0.15, 0.2) is 52.0 Å². The number of sulfone groups is 1. The van der Waals surface area contributed by atoms with Gasteiger partial charge in [-0.05, 0) is 25.1 Å². The van der Waals surface area contributed by atoms with E-state index in [1.807, 2.05) is 6.92 Å². The summed E-state index contributed by atoms with van der Waals surface area (Å²) >= 11 is 0. The van der Waals surface area contributed by atoms with E-state index in [2.05, 4.69) is 15.1 Å². The van der Waals surface area contributed by atoms with Crippen molar-refractivity contribution in [3.05, 3.63) is 54.0 Å². The first-order chi connectivity index (χ1) is 12.0. The second-order valence-corrected chi connectivity index (χ2v) is 7.60. The molecular weight excluding hydrogens is 342 g/mol. The summed E-state index contributed by atoms with van der Waals surface area (Å²) in [5, 5.41) is 3.84. The quantitative estimate of drug-likeness (QED) is 0.667. The molecule has 0 unspecified atom stereocenters. The Balaban J connectivity index is 1.69. The molecule has 0 saturated heterocycles. The van der Waals surface area contributed by atoms with E-state index in [1.54, 1.807) is 42.6 Å². The fourth-order valence-corrected chi connectivity index (χ4v) is 3.43. The zero-order valence-electron chi connectivity index (χ0n) is 13.8. The number of methoxy groups -OCH3 is 1. The van der Waals surface area contributed by atoms with Gasteiger partial charge in [-0.3, -0.25) is 0 Å². The SMILES string of the molecule is COc1ccc(-c2nc(CCS(=O)(=O)c3ccc(C)cc3)no2)cn1. The zero-order valence-corrected chi connectivity index (χ0v) is 14.7. The van der Waals surface area contributed by atoms with Gasteiger partial charge in [0.15, 0.2) is 15.7 Å². The number of aryl methyl sites for hydroxylation is 2. The highest BCUT2D eigenvalue weighted by atomic mass is 32.2. The van der Waals surface area contributed by atoms with Crippen LogP contribution >= 0.6 is 0 Å². The summed E-state index contributed by atoms with van der Waals surface area (Å²) in [5.41, 5.74) is 1.65. The van der Waals surface area contributed by atoms with E-state index in [0.29, 0.717) is 22.2 Å². The van der Waals surface area contributed by atoms with Gasteiger partial charge in [-0.1, -0.05) is 22.9 Å². The van der Waals surface area contributed by atoms with Crippen molar-refractivity contribution in [2.75, 3.05) is 12.9 Å². The van der Waals surface area contributed by atoms with Gasteiger partial charge in [-0.2, -0.15) is 4.98 Å². The number of hydrogen-bond donors (Lipinski definition) is 0. The van der Waals surface area contributed by atoms with Gasteiger partial charge in [0.25, 0.3) is 5.89 Å². The molecule has 2 heterocycles. The molecule has 0 spiro atoms. The highest BCUT2D eigenvalue weighted by molar-refractivity contribution is 7.91. The lowest BCUT2D eigenvalue weighted by atomic mass is 10.2. The Kier molecular flexibility index (Phi) is 4.80. The van der Waals surface area contributed by atoms with Crippen molar-refractivity contribution < 1.29 is 17.7 Å². The molecule has 0 radical (unpaired) electrons. The molecule has 0 fully saturated rings. The van der Waals surface area contributed by atoms with E-state index in [9.17, 15) is 8.42 Å². The molecule has 25 heavy (non-hydrogen) atoms. The van der Waals surface area contributed by atoms with Gasteiger partial charge in [0.05, 0.1) is 23.3 Å². The minimum atomic E-state index is -3.39. The third kappa shape index (κ3) is 4.03. The topological polar surface area (TPSA) is 95.2 Å². The van der Waals surface area contributed by atoms with Crippen LogP contribution in [0.5, 0.6) is 5.88 Å². The molecule has 0 aliphatic heterocycles. The first-order valence-electron chi connectivity index (χ1n) is 7.60. The van der Waals surface area contributed by atoms with Crippen LogP contribution in [0.1, 0.15) is 11.4 Å². The molecule has 3 rings (SSSR count). The monoisotopic (exact) mass is 359 g/mol. The highest BCUT2D eigenvalue weighted by Crippen LogP contribution is 2.19. The van der Waals surface area contributed by atoms with E-state index in [1.165, 1.54) is 7.11 Å². The lowest BCUT2D eigenvalue weighted by molar-refractivity contribution is 0.397. The predicted octanol–water partition coefficient (Wildman–Crippen LogP) is 2.47. The van der Waals surface area contributed by atoms with Gasteiger partial charge in [-0.15, -0.1) is 0 Å². The summed E-state index contributed by atoms with van der Waals surface area (Å²) in [6, 6.07) is 10.2. The molecule has 2 aromatic heterocycles. The van der Waals surface area contributed by atoms with Crippen LogP contribution in [-0.4, -0.2) is 36.4 Å². The maximum atomic E-state index is 12.4. The Morgan fingerprint density at radius 3 is 2.52 bits per heavy atom. The number of hydrogen-bond acceptors (Lipinski definition) is 7. The van der Waals surface area contributed by atoms with E-state index in [-0.39, 0.29) is 18.1 Å². The molecule has 0 N–H and O–H groups in total. The summed E-state index contributed by atoms with van der Waals surface area (Å²) < 4.78 is 34.9. The maximum absolute atomic E-state index is 12.4. The second kappa shape index (κ2) is 7.02. The molecule has 0 aliphatic carbocycles. The van der Waals surface area contributed by atoms with Crippen LogP contribution in [0.3, 0.4) is 0 Å². The molecule has 0 saturated carbocycles. The van der Waals surface area contributed by atoms with Crippen molar-refractivity contribution >= 4 is 9.84 Å². The standard InChI is InChI=1S/C17H17N3O4S/c1-12-3-6-14(7-4-12)25(21,22)10-9-15-19-17(24-20-15)13-5-8-16(23-2)18-11-13/h3-8,11H,9-10H2,1-2H3. The Bertz CT molecular complexity index is 948. The summed E-state index contributed by atoms with van der Waals surface area (Å²) in [4.78, 5) is 8.59. The first-order valence-corrected chi connectivity index (χ1v) is 9.25. The van der Waals surface area contributed by atoms with Gasteiger partial charge >= 0.3 is 0 Å². The molecule has 0 amide bonds. The molecule has 0 aliphatic rings. The zero-order chi connectivity index (χ0) is 17.9. The lowest BCUT2D eigenvalue weighted by Crippen LogP contribution is -2.10. The third-order valence-corrected chi connectivity index (χ3v) is 5.37. The van der Waals surface area contributed by atoms with E-state index >= 15 is 0 Å². The molecular formula is C17H17N3O4S. The molecule has 3 aromatic rings. The van der Waals surface area contributed by atoms with Gasteiger partial charge in [0.2, 0.25) is 5.88 Å². The number of rotatable bonds is 6. The van der Waals surface area contributed by atoms with Gasteiger partial charge in [-0.25, -0.2) is 13.4 Å². The van der Waals surface area contributed by atoms with Crippen molar-refractivity contribution in [3.63, 3.8) is 0 Å². The highest BCUT2D eigenvalue weighted by Gasteiger charge is 2.17. The summed E-state index contributed by atoms with van der Waals surface area (Å²) in [6.07, 6.45) is 1.72. The Labute approximate surface area is 145 Å². The van der Waals surface area contributed by atoms with Crippen molar-refractivity contribution in [2.45, 2.75) is 18.2 Å². The van der Waals surface area contributed by atoms with Crippen molar-refractivity contribution in [1.29, 1.82) is 0 Å². The fraction of sp³-hybridized carbons (Fsp3) is 0.235.